The van der Waals surface area contributed by atoms with Gasteiger partial charge < -0.3 is 24.5 Å². The van der Waals surface area contributed by atoms with Crippen LogP contribution in [0.15, 0.2) is 82.4 Å². The summed E-state index contributed by atoms with van der Waals surface area (Å²) in [6.07, 6.45) is 4.33. The van der Waals surface area contributed by atoms with Crippen LogP contribution in [0.3, 0.4) is 0 Å². The van der Waals surface area contributed by atoms with E-state index in [1.165, 1.54) is 12.1 Å². The van der Waals surface area contributed by atoms with Crippen LogP contribution in [0.25, 0.3) is 33.1 Å². The highest BCUT2D eigenvalue weighted by Crippen LogP contribution is 2.36. The van der Waals surface area contributed by atoms with Gasteiger partial charge in [-0.05, 0) is 80.3 Å². The number of carbonyl (C=O) groups is 1. The maximum absolute atomic E-state index is 13.0. The van der Waals surface area contributed by atoms with Crippen LogP contribution in [0.4, 0.5) is 5.69 Å². The third-order valence-electron chi connectivity index (χ3n) is 7.68. The van der Waals surface area contributed by atoms with Crippen molar-refractivity contribution >= 4 is 33.5 Å². The number of rotatable bonds is 7. The number of aromatic nitrogens is 4. The van der Waals surface area contributed by atoms with Crippen LogP contribution in [0.2, 0.25) is 0 Å². The van der Waals surface area contributed by atoms with E-state index in [0.717, 1.165) is 49.9 Å². The first-order valence-electron chi connectivity index (χ1n) is 13.9. The Labute approximate surface area is 247 Å². The molecule has 6 rings (SSSR count). The van der Waals surface area contributed by atoms with Crippen molar-refractivity contribution in [2.24, 2.45) is 4.99 Å². The van der Waals surface area contributed by atoms with Gasteiger partial charge in [-0.1, -0.05) is 35.5 Å². The van der Waals surface area contributed by atoms with Crippen LogP contribution < -0.4 is 10.9 Å². The molecule has 3 aromatic carbocycles. The minimum absolute atomic E-state index is 0.132. The highest BCUT2D eigenvalue weighted by molar-refractivity contribution is 6.04. The van der Waals surface area contributed by atoms with Crippen molar-refractivity contribution in [2.45, 2.75) is 39.7 Å². The summed E-state index contributed by atoms with van der Waals surface area (Å²) in [5.74, 6) is 0.654. The molecule has 0 bridgehead atoms. The molecule has 1 atom stereocenters. The number of hydrogen-bond acceptors (Lipinski definition) is 7. The van der Waals surface area contributed by atoms with Gasteiger partial charge in [-0.2, -0.15) is 5.26 Å². The number of hydrogen-bond donors (Lipinski definition) is 3. The molecule has 0 unspecified atom stereocenters. The van der Waals surface area contributed by atoms with E-state index in [4.69, 9.17) is 9.51 Å². The van der Waals surface area contributed by atoms with Crippen LogP contribution in [-0.2, 0) is 11.2 Å². The third-order valence-corrected chi connectivity index (χ3v) is 7.68. The Bertz CT molecular complexity index is 2060. The zero-order chi connectivity index (χ0) is 30.1. The Kier molecular flexibility index (Phi) is 7.22. The zero-order valence-electron chi connectivity index (χ0n) is 23.9. The van der Waals surface area contributed by atoms with Gasteiger partial charge in [0.25, 0.3) is 0 Å². The number of amides is 1. The molecule has 0 aliphatic rings. The molecule has 0 radical (unpaired) electrons. The standard InChI is InChI=1S/C33H29N7O3/c1-19-31(21(3)43-39-19)26-16-28-27(15-23(26)9-14-30(42)37-24-10-12-25(41)13-11-24)32-29(17-35-28)38-33(36-18-34)40(32)20(2)22-7-5-4-6-8-22/h4-8,10-13,15-17,20,41H,9,14H2,1-3H3,(H,36,38)(H,37,42)/t20-/m1/s1. The number of phenols is 1. The number of imidazole rings is 1. The number of aromatic hydroxyl groups is 1. The molecule has 10 nitrogen and oxygen atoms in total. The van der Waals surface area contributed by atoms with Gasteiger partial charge in [0.2, 0.25) is 17.7 Å². The number of aryl methyl sites for hydroxylation is 3. The number of fused-ring (bicyclic) bond motifs is 3. The second-order valence-corrected chi connectivity index (χ2v) is 10.5. The summed E-state index contributed by atoms with van der Waals surface area (Å²) in [4.78, 5) is 25.1. The first-order valence-corrected chi connectivity index (χ1v) is 13.9. The van der Waals surface area contributed by atoms with Crippen molar-refractivity contribution in [3.63, 3.8) is 0 Å². The van der Waals surface area contributed by atoms with E-state index in [-0.39, 0.29) is 24.1 Å². The van der Waals surface area contributed by atoms with E-state index in [2.05, 4.69) is 33.4 Å². The monoisotopic (exact) mass is 571 g/mol. The Morgan fingerprint density at radius 3 is 2.63 bits per heavy atom. The number of pyridine rings is 1. The van der Waals surface area contributed by atoms with E-state index in [1.54, 1.807) is 18.3 Å². The fraction of sp³-hybridized carbons (Fsp3) is 0.182. The third kappa shape index (κ3) is 5.24. The molecule has 0 aliphatic heterocycles. The molecule has 0 saturated carbocycles. The number of aromatic amines is 1. The van der Waals surface area contributed by atoms with Gasteiger partial charge in [0.15, 0.2) is 0 Å². The van der Waals surface area contributed by atoms with Crippen LogP contribution in [0, 0.1) is 25.3 Å². The lowest BCUT2D eigenvalue weighted by Crippen LogP contribution is -2.22. The molecular weight excluding hydrogens is 542 g/mol. The number of anilines is 1. The van der Waals surface area contributed by atoms with Crippen LogP contribution in [-0.4, -0.2) is 30.7 Å². The number of benzene rings is 3. The maximum Gasteiger partial charge on any atom is 0.224 e. The van der Waals surface area contributed by atoms with Crippen molar-refractivity contribution in [1.29, 1.82) is 5.26 Å². The molecule has 3 aromatic heterocycles. The second-order valence-electron chi connectivity index (χ2n) is 10.5. The van der Waals surface area contributed by atoms with E-state index in [1.807, 2.05) is 61.0 Å². The number of nitrogens with one attached hydrogen (secondary N) is 2. The quantitative estimate of drug-likeness (QED) is 0.157. The molecule has 214 valence electrons. The largest absolute Gasteiger partial charge is 0.508 e. The summed E-state index contributed by atoms with van der Waals surface area (Å²) >= 11 is 0. The highest BCUT2D eigenvalue weighted by Gasteiger charge is 2.21. The summed E-state index contributed by atoms with van der Waals surface area (Å²) < 4.78 is 7.53. The Hall–Kier alpha value is -5.69. The number of nitrogens with zero attached hydrogens (tertiary/aromatic N) is 5. The highest BCUT2D eigenvalue weighted by atomic mass is 16.5. The smallest absolute Gasteiger partial charge is 0.224 e. The Balaban J connectivity index is 1.51. The summed E-state index contributed by atoms with van der Waals surface area (Å²) in [6.45, 7) is 5.83. The summed E-state index contributed by atoms with van der Waals surface area (Å²) in [5, 5.41) is 27.0. The minimum atomic E-state index is -0.156. The lowest BCUT2D eigenvalue weighted by molar-refractivity contribution is -0.116. The van der Waals surface area contributed by atoms with Gasteiger partial charge in [0, 0.05) is 23.1 Å². The average Bonchev–Trinajstić information content (AvgIpc) is 3.55. The number of carbonyl (C=O) groups excluding carboxylic acids is 1. The fourth-order valence-corrected chi connectivity index (χ4v) is 5.62. The van der Waals surface area contributed by atoms with E-state index < -0.39 is 0 Å². The van der Waals surface area contributed by atoms with Crippen LogP contribution in [0.1, 0.15) is 42.0 Å². The molecule has 6 aromatic rings. The molecule has 0 spiro atoms. The molecule has 3 N–H and O–H groups in total. The van der Waals surface area contributed by atoms with Crippen LogP contribution in [0.5, 0.6) is 5.75 Å². The Morgan fingerprint density at radius 1 is 1.16 bits per heavy atom. The normalized spacial score (nSPS) is 12.5. The van der Waals surface area contributed by atoms with Gasteiger partial charge in [-0.3, -0.25) is 9.78 Å². The lowest BCUT2D eigenvalue weighted by Gasteiger charge is -2.17. The van der Waals surface area contributed by atoms with Crippen molar-refractivity contribution in [3.8, 4) is 23.1 Å². The minimum Gasteiger partial charge on any atom is -0.508 e. The van der Waals surface area contributed by atoms with Crippen LogP contribution >= 0.6 is 0 Å². The summed E-state index contributed by atoms with van der Waals surface area (Å²) in [7, 11) is 0. The average molecular weight is 572 g/mol. The molecule has 0 aliphatic carbocycles. The van der Waals surface area contributed by atoms with E-state index >= 15 is 0 Å². The maximum atomic E-state index is 13.0. The van der Waals surface area contributed by atoms with Gasteiger partial charge in [-0.25, -0.2) is 0 Å². The molecule has 0 saturated heterocycles. The lowest BCUT2D eigenvalue weighted by atomic mass is 9.93. The van der Waals surface area contributed by atoms with Crippen molar-refractivity contribution in [3.05, 3.63) is 101 Å². The molecule has 10 heteroatoms. The number of phenolic OH excluding ortho intramolecular Hbond substituents is 1. The van der Waals surface area contributed by atoms with E-state index in [9.17, 15) is 15.2 Å². The number of H-pyrrole nitrogens is 1. The van der Waals surface area contributed by atoms with Gasteiger partial charge >= 0.3 is 0 Å². The van der Waals surface area contributed by atoms with Gasteiger partial charge in [-0.15, -0.1) is 4.99 Å². The first kappa shape index (κ1) is 27.5. The first-order chi connectivity index (χ1) is 20.8. The van der Waals surface area contributed by atoms with E-state index in [0.29, 0.717) is 23.5 Å². The zero-order valence-corrected chi connectivity index (χ0v) is 23.9. The molecular formula is C33H29N7O3. The van der Waals surface area contributed by atoms with Crippen molar-refractivity contribution < 1.29 is 14.4 Å². The second kappa shape index (κ2) is 11.3. The topological polar surface area (TPSA) is 145 Å². The Morgan fingerprint density at radius 2 is 1.93 bits per heavy atom. The van der Waals surface area contributed by atoms with Gasteiger partial charge in [0.05, 0.1) is 34.5 Å². The predicted molar refractivity (Wildman–Crippen MR) is 163 cm³/mol. The van der Waals surface area contributed by atoms with Gasteiger partial charge in [0.1, 0.15) is 11.5 Å². The summed E-state index contributed by atoms with van der Waals surface area (Å²) in [6, 6.07) is 20.3. The number of nitriles is 1. The van der Waals surface area contributed by atoms with Crippen molar-refractivity contribution in [1.82, 2.24) is 19.7 Å². The molecule has 1 amide bonds. The summed E-state index contributed by atoms with van der Waals surface area (Å²) in [5.41, 5.74) is 7.88. The molecule has 3 heterocycles. The fourth-order valence-electron chi connectivity index (χ4n) is 5.62. The molecule has 43 heavy (non-hydrogen) atoms. The van der Waals surface area contributed by atoms with Crippen molar-refractivity contribution in [2.75, 3.05) is 5.32 Å². The predicted octanol–water partition coefficient (Wildman–Crippen LogP) is 6.06. The molecule has 0 fully saturated rings. The SMILES string of the molecule is Cc1noc(C)c1-c1cc2ncc3[nH]/c(=N\C#N)n([C@H](C)c4ccccc4)c3c2cc1CCC(=O)Nc1ccc(O)cc1.